The minimum atomic E-state index is -0.235. The van der Waals surface area contributed by atoms with E-state index in [4.69, 9.17) is 0 Å². The van der Waals surface area contributed by atoms with E-state index in [0.717, 1.165) is 58.4 Å². The summed E-state index contributed by atoms with van der Waals surface area (Å²) in [6, 6.07) is 11.6. The van der Waals surface area contributed by atoms with Gasteiger partial charge in [-0.05, 0) is 72.4 Å². The zero-order valence-electron chi connectivity index (χ0n) is 15.3. The SMILES string of the molecule is C=CN(C=c1ccc(-c2c[nH]c3cc(F)ccc23)cc1=C)C1CCNCC1. The number of nitrogens with one attached hydrogen (secondary N) is 2. The minimum absolute atomic E-state index is 0.235. The highest BCUT2D eigenvalue weighted by atomic mass is 19.1. The maximum absolute atomic E-state index is 13.4. The Balaban J connectivity index is 1.69. The Hall–Kier alpha value is -2.85. The predicted octanol–water partition coefficient (Wildman–Crippen LogP) is 3.32. The van der Waals surface area contributed by atoms with Gasteiger partial charge in [0.2, 0.25) is 0 Å². The molecule has 1 fully saturated rings. The molecule has 1 aliphatic heterocycles. The van der Waals surface area contributed by atoms with E-state index in [9.17, 15) is 4.39 Å². The molecule has 0 atom stereocenters. The minimum Gasteiger partial charge on any atom is -0.360 e. The zero-order valence-corrected chi connectivity index (χ0v) is 15.3. The molecule has 1 aromatic heterocycles. The van der Waals surface area contributed by atoms with Gasteiger partial charge in [0.25, 0.3) is 0 Å². The largest absolute Gasteiger partial charge is 0.360 e. The molecule has 4 heteroatoms. The second kappa shape index (κ2) is 7.41. The number of hydrogen-bond acceptors (Lipinski definition) is 2. The first-order valence-electron chi connectivity index (χ1n) is 9.34. The van der Waals surface area contributed by atoms with Gasteiger partial charge in [-0.15, -0.1) is 0 Å². The number of piperidine rings is 1. The number of aromatic amines is 1. The Kier molecular flexibility index (Phi) is 4.82. The van der Waals surface area contributed by atoms with Gasteiger partial charge in [0.15, 0.2) is 0 Å². The fourth-order valence-electron chi connectivity index (χ4n) is 3.81. The zero-order chi connectivity index (χ0) is 18.8. The fraction of sp³-hybridized carbons (Fsp3) is 0.217. The lowest BCUT2D eigenvalue weighted by Gasteiger charge is -2.31. The van der Waals surface area contributed by atoms with E-state index < -0.39 is 0 Å². The van der Waals surface area contributed by atoms with Gasteiger partial charge >= 0.3 is 0 Å². The van der Waals surface area contributed by atoms with Crippen molar-refractivity contribution >= 4 is 23.7 Å². The quantitative estimate of drug-likeness (QED) is 0.747. The van der Waals surface area contributed by atoms with Crippen molar-refractivity contribution in [2.24, 2.45) is 0 Å². The van der Waals surface area contributed by atoms with Crippen LogP contribution in [0.2, 0.25) is 0 Å². The maximum atomic E-state index is 13.4. The molecule has 2 N–H and O–H groups in total. The Morgan fingerprint density at radius 2 is 1.93 bits per heavy atom. The van der Waals surface area contributed by atoms with Gasteiger partial charge in [-0.25, -0.2) is 4.39 Å². The molecule has 2 aromatic carbocycles. The number of rotatable bonds is 4. The van der Waals surface area contributed by atoms with Crippen molar-refractivity contribution < 1.29 is 4.39 Å². The number of hydrogen-bond donors (Lipinski definition) is 2. The van der Waals surface area contributed by atoms with Crippen LogP contribution in [0.1, 0.15) is 12.8 Å². The van der Waals surface area contributed by atoms with Crippen LogP contribution in [0.4, 0.5) is 4.39 Å². The van der Waals surface area contributed by atoms with E-state index in [0.29, 0.717) is 6.04 Å². The summed E-state index contributed by atoms with van der Waals surface area (Å²) >= 11 is 0. The Morgan fingerprint density at radius 3 is 2.67 bits per heavy atom. The average molecular weight is 361 g/mol. The van der Waals surface area contributed by atoms with Gasteiger partial charge < -0.3 is 15.2 Å². The third kappa shape index (κ3) is 3.53. The first-order valence-corrected chi connectivity index (χ1v) is 9.34. The number of H-pyrrole nitrogens is 1. The molecule has 0 amide bonds. The summed E-state index contributed by atoms with van der Waals surface area (Å²) in [5.41, 5.74) is 2.93. The van der Waals surface area contributed by atoms with Crippen molar-refractivity contribution in [1.82, 2.24) is 15.2 Å². The van der Waals surface area contributed by atoms with E-state index in [-0.39, 0.29) is 5.82 Å². The molecular formula is C23H24FN3. The highest BCUT2D eigenvalue weighted by Gasteiger charge is 2.16. The van der Waals surface area contributed by atoms with Crippen LogP contribution >= 0.6 is 0 Å². The fourth-order valence-corrected chi connectivity index (χ4v) is 3.81. The van der Waals surface area contributed by atoms with E-state index in [2.05, 4.69) is 52.8 Å². The monoisotopic (exact) mass is 361 g/mol. The Morgan fingerprint density at radius 1 is 1.11 bits per heavy atom. The number of nitrogens with zero attached hydrogens (tertiary/aromatic N) is 1. The van der Waals surface area contributed by atoms with Crippen LogP contribution in [0.3, 0.4) is 0 Å². The standard InChI is InChI=1S/C23H24FN3/c1-3-27(20-8-10-25-11-9-20)15-18-5-4-17(12-16(18)2)22-14-26-23-13-19(24)6-7-21(22)23/h3-7,12-15,20,25-26H,1-2,8-11H2. The second-order valence-electron chi connectivity index (χ2n) is 7.05. The Labute approximate surface area is 158 Å². The van der Waals surface area contributed by atoms with Crippen LogP contribution < -0.4 is 15.8 Å². The molecule has 1 saturated heterocycles. The molecule has 0 radical (unpaired) electrons. The molecule has 3 aromatic rings. The number of aromatic nitrogens is 1. The summed E-state index contributed by atoms with van der Waals surface area (Å²) in [7, 11) is 0. The third-order valence-electron chi connectivity index (χ3n) is 5.33. The summed E-state index contributed by atoms with van der Waals surface area (Å²) in [5.74, 6) is -0.235. The second-order valence-corrected chi connectivity index (χ2v) is 7.05. The van der Waals surface area contributed by atoms with Crippen molar-refractivity contribution in [3.8, 4) is 11.1 Å². The highest BCUT2D eigenvalue weighted by molar-refractivity contribution is 5.95. The van der Waals surface area contributed by atoms with E-state index >= 15 is 0 Å². The lowest BCUT2D eigenvalue weighted by Crippen LogP contribution is -2.39. The molecule has 138 valence electrons. The van der Waals surface area contributed by atoms with Crippen LogP contribution in [0, 0.1) is 5.82 Å². The molecular weight excluding hydrogens is 337 g/mol. The number of halogens is 1. The molecule has 0 aliphatic carbocycles. The lowest BCUT2D eigenvalue weighted by molar-refractivity contribution is 0.308. The van der Waals surface area contributed by atoms with Crippen molar-refractivity contribution in [1.29, 1.82) is 0 Å². The molecule has 0 bridgehead atoms. The molecule has 1 aliphatic rings. The van der Waals surface area contributed by atoms with E-state index in [1.54, 1.807) is 0 Å². The van der Waals surface area contributed by atoms with Crippen molar-refractivity contribution in [3.63, 3.8) is 0 Å². The summed E-state index contributed by atoms with van der Waals surface area (Å²) in [4.78, 5) is 5.36. The topological polar surface area (TPSA) is 31.1 Å². The smallest absolute Gasteiger partial charge is 0.125 e. The van der Waals surface area contributed by atoms with Crippen LogP contribution in [0.25, 0.3) is 34.8 Å². The molecule has 2 heterocycles. The number of benzene rings is 2. The lowest BCUT2D eigenvalue weighted by atomic mass is 10.0. The molecule has 0 saturated carbocycles. The average Bonchev–Trinajstić information content (AvgIpc) is 3.10. The predicted molar refractivity (Wildman–Crippen MR) is 111 cm³/mol. The maximum Gasteiger partial charge on any atom is 0.125 e. The highest BCUT2D eigenvalue weighted by Crippen LogP contribution is 2.27. The molecule has 0 unspecified atom stereocenters. The Bertz CT molecular complexity index is 1080. The van der Waals surface area contributed by atoms with Crippen LogP contribution in [-0.2, 0) is 0 Å². The summed E-state index contributed by atoms with van der Waals surface area (Å²) in [5, 5.41) is 6.45. The summed E-state index contributed by atoms with van der Waals surface area (Å²) < 4.78 is 13.4. The number of fused-ring (bicyclic) bond motifs is 1. The molecule has 3 nitrogen and oxygen atoms in total. The first-order chi connectivity index (χ1) is 13.2. The summed E-state index contributed by atoms with van der Waals surface area (Å²) in [6.07, 6.45) is 8.18. The van der Waals surface area contributed by atoms with Gasteiger partial charge in [0.05, 0.1) is 0 Å². The van der Waals surface area contributed by atoms with Crippen LogP contribution in [0.5, 0.6) is 0 Å². The molecule has 27 heavy (non-hydrogen) atoms. The molecule has 0 spiro atoms. The van der Waals surface area contributed by atoms with Gasteiger partial charge in [-0.2, -0.15) is 0 Å². The van der Waals surface area contributed by atoms with E-state index in [1.165, 1.54) is 12.1 Å². The van der Waals surface area contributed by atoms with Gasteiger partial charge in [0, 0.05) is 34.9 Å². The van der Waals surface area contributed by atoms with Gasteiger partial charge in [-0.3, -0.25) is 0 Å². The van der Waals surface area contributed by atoms with Gasteiger partial charge in [0.1, 0.15) is 5.82 Å². The first kappa shape index (κ1) is 17.6. The van der Waals surface area contributed by atoms with E-state index in [1.807, 2.05) is 18.5 Å². The van der Waals surface area contributed by atoms with Gasteiger partial charge in [-0.1, -0.05) is 25.3 Å². The van der Waals surface area contributed by atoms with Crippen molar-refractivity contribution in [3.05, 3.63) is 71.6 Å². The third-order valence-corrected chi connectivity index (χ3v) is 5.33. The summed E-state index contributed by atoms with van der Waals surface area (Å²) in [6.45, 7) is 10.3. The van der Waals surface area contributed by atoms with Crippen LogP contribution in [-0.4, -0.2) is 29.0 Å². The van der Waals surface area contributed by atoms with Crippen molar-refractivity contribution in [2.75, 3.05) is 13.1 Å². The van der Waals surface area contributed by atoms with Crippen LogP contribution in [0.15, 0.2) is 55.4 Å². The normalized spacial score (nSPS) is 16.0. The molecule has 4 rings (SSSR count). The van der Waals surface area contributed by atoms with Crippen molar-refractivity contribution in [2.45, 2.75) is 18.9 Å².